The molecule has 1 nitrogen and oxygen atoms in total. The Morgan fingerprint density at radius 1 is 1.32 bits per heavy atom. The molecule has 0 unspecified atom stereocenters. The summed E-state index contributed by atoms with van der Waals surface area (Å²) in [5.41, 5.74) is 0.815. The van der Waals surface area contributed by atoms with E-state index in [2.05, 4.69) is 17.5 Å². The van der Waals surface area contributed by atoms with E-state index in [0.717, 1.165) is 35.4 Å². The van der Waals surface area contributed by atoms with Gasteiger partial charge in [0.2, 0.25) is 0 Å². The Labute approximate surface area is 118 Å². The second-order valence-electron chi connectivity index (χ2n) is 5.44. The summed E-state index contributed by atoms with van der Waals surface area (Å²) in [5, 5.41) is 3.63. The SMILES string of the molecule is Fc1ccccc1CSCCN[C@@H]1C[C@H]2CC=C[C@@H]21. The van der Waals surface area contributed by atoms with Gasteiger partial charge in [0.05, 0.1) is 0 Å². The van der Waals surface area contributed by atoms with E-state index in [4.69, 9.17) is 0 Å². The highest BCUT2D eigenvalue weighted by Crippen LogP contribution is 2.42. The normalized spacial score (nSPS) is 28.2. The van der Waals surface area contributed by atoms with Crippen molar-refractivity contribution in [3.8, 4) is 0 Å². The molecule has 2 aliphatic rings. The van der Waals surface area contributed by atoms with Gasteiger partial charge in [0.1, 0.15) is 5.82 Å². The maximum Gasteiger partial charge on any atom is 0.127 e. The van der Waals surface area contributed by atoms with Crippen LogP contribution >= 0.6 is 11.8 Å². The van der Waals surface area contributed by atoms with Crippen LogP contribution in [0.2, 0.25) is 0 Å². The molecule has 3 heteroatoms. The number of nitrogens with one attached hydrogen (secondary N) is 1. The summed E-state index contributed by atoms with van der Waals surface area (Å²) < 4.78 is 13.4. The van der Waals surface area contributed by atoms with Gasteiger partial charge in [0.15, 0.2) is 0 Å². The summed E-state index contributed by atoms with van der Waals surface area (Å²) in [5.74, 6) is 3.44. The Balaban J connectivity index is 1.32. The van der Waals surface area contributed by atoms with Crippen molar-refractivity contribution in [3.63, 3.8) is 0 Å². The highest BCUT2D eigenvalue weighted by atomic mass is 32.2. The summed E-state index contributed by atoms with van der Waals surface area (Å²) in [6, 6.07) is 7.74. The van der Waals surface area contributed by atoms with Crippen molar-refractivity contribution in [2.45, 2.75) is 24.6 Å². The molecule has 2 aliphatic carbocycles. The topological polar surface area (TPSA) is 12.0 Å². The lowest BCUT2D eigenvalue weighted by Crippen LogP contribution is -2.48. The fourth-order valence-electron chi connectivity index (χ4n) is 3.06. The van der Waals surface area contributed by atoms with E-state index in [1.165, 1.54) is 18.9 Å². The molecular weight excluding hydrogens is 257 g/mol. The van der Waals surface area contributed by atoms with Crippen molar-refractivity contribution in [3.05, 3.63) is 47.8 Å². The Bertz CT molecular complexity index is 460. The Morgan fingerprint density at radius 3 is 3.05 bits per heavy atom. The first-order valence-corrected chi connectivity index (χ1v) is 8.21. The predicted molar refractivity (Wildman–Crippen MR) is 79.7 cm³/mol. The highest BCUT2D eigenvalue weighted by molar-refractivity contribution is 7.98. The molecule has 102 valence electrons. The minimum absolute atomic E-state index is 0.0825. The lowest BCUT2D eigenvalue weighted by molar-refractivity contribution is 0.166. The minimum atomic E-state index is -0.0825. The van der Waals surface area contributed by atoms with Gasteiger partial charge in [0.25, 0.3) is 0 Å². The van der Waals surface area contributed by atoms with Crippen LogP contribution in [0.3, 0.4) is 0 Å². The molecule has 0 amide bonds. The van der Waals surface area contributed by atoms with E-state index in [0.29, 0.717) is 6.04 Å². The summed E-state index contributed by atoms with van der Waals surface area (Å²) in [6.45, 7) is 1.03. The molecular formula is C16H20FNS. The molecule has 1 aromatic rings. The van der Waals surface area contributed by atoms with Crippen LogP contribution in [0.15, 0.2) is 36.4 Å². The van der Waals surface area contributed by atoms with Crippen molar-refractivity contribution in [2.24, 2.45) is 11.8 Å². The predicted octanol–water partition coefficient (Wildman–Crippen LogP) is 3.61. The smallest absolute Gasteiger partial charge is 0.127 e. The van der Waals surface area contributed by atoms with E-state index in [-0.39, 0.29) is 5.82 Å². The molecule has 3 rings (SSSR count). The van der Waals surface area contributed by atoms with Crippen molar-refractivity contribution < 1.29 is 4.39 Å². The maximum absolute atomic E-state index is 13.4. The van der Waals surface area contributed by atoms with Crippen molar-refractivity contribution in [1.82, 2.24) is 5.32 Å². The zero-order valence-corrected chi connectivity index (χ0v) is 11.8. The fraction of sp³-hybridized carbons (Fsp3) is 0.500. The third kappa shape index (κ3) is 3.03. The molecule has 1 N–H and O–H groups in total. The van der Waals surface area contributed by atoms with E-state index in [1.54, 1.807) is 17.8 Å². The van der Waals surface area contributed by atoms with Crippen LogP contribution in [0.1, 0.15) is 18.4 Å². The number of fused-ring (bicyclic) bond motifs is 1. The summed E-state index contributed by atoms with van der Waals surface area (Å²) in [7, 11) is 0. The van der Waals surface area contributed by atoms with E-state index < -0.39 is 0 Å². The van der Waals surface area contributed by atoms with E-state index in [9.17, 15) is 4.39 Å². The van der Waals surface area contributed by atoms with Crippen molar-refractivity contribution in [2.75, 3.05) is 12.3 Å². The number of thioether (sulfide) groups is 1. The Hall–Kier alpha value is -0.800. The first-order chi connectivity index (χ1) is 9.34. The third-order valence-corrected chi connectivity index (χ3v) is 5.24. The summed E-state index contributed by atoms with van der Waals surface area (Å²) >= 11 is 1.80. The number of hydrogen-bond acceptors (Lipinski definition) is 2. The molecule has 0 spiro atoms. The van der Waals surface area contributed by atoms with Crippen LogP contribution in [0.25, 0.3) is 0 Å². The largest absolute Gasteiger partial charge is 0.313 e. The van der Waals surface area contributed by atoms with Gasteiger partial charge in [-0.05, 0) is 36.3 Å². The number of allylic oxidation sites excluding steroid dienone is 1. The Morgan fingerprint density at radius 2 is 2.21 bits per heavy atom. The van der Waals surface area contributed by atoms with Gasteiger partial charge in [-0.3, -0.25) is 0 Å². The number of hydrogen-bond donors (Lipinski definition) is 1. The van der Waals surface area contributed by atoms with E-state index in [1.807, 2.05) is 12.1 Å². The second-order valence-corrected chi connectivity index (χ2v) is 6.55. The molecule has 1 aromatic carbocycles. The lowest BCUT2D eigenvalue weighted by atomic mass is 9.71. The summed E-state index contributed by atoms with van der Waals surface area (Å²) in [4.78, 5) is 0. The zero-order chi connectivity index (χ0) is 13.1. The molecule has 0 radical (unpaired) electrons. The van der Waals surface area contributed by atoms with Crippen LogP contribution < -0.4 is 5.32 Å². The molecule has 1 fully saturated rings. The maximum atomic E-state index is 13.4. The van der Waals surface area contributed by atoms with Crippen LogP contribution in [-0.2, 0) is 5.75 Å². The summed E-state index contributed by atoms with van der Waals surface area (Å²) in [6.07, 6.45) is 7.31. The first kappa shape index (κ1) is 13.2. The molecule has 0 saturated heterocycles. The van der Waals surface area contributed by atoms with Gasteiger partial charge in [-0.25, -0.2) is 4.39 Å². The molecule has 0 aromatic heterocycles. The van der Waals surface area contributed by atoms with Gasteiger partial charge >= 0.3 is 0 Å². The number of rotatable bonds is 6. The molecule has 19 heavy (non-hydrogen) atoms. The quantitative estimate of drug-likeness (QED) is 0.629. The van der Waals surface area contributed by atoms with Gasteiger partial charge in [-0.1, -0.05) is 30.4 Å². The van der Waals surface area contributed by atoms with Crippen LogP contribution in [0.4, 0.5) is 4.39 Å². The molecule has 3 atom stereocenters. The van der Waals surface area contributed by atoms with Gasteiger partial charge in [-0.2, -0.15) is 11.8 Å². The average molecular weight is 277 g/mol. The Kier molecular flexibility index (Phi) is 4.24. The van der Waals surface area contributed by atoms with Crippen molar-refractivity contribution in [1.29, 1.82) is 0 Å². The number of halogens is 1. The zero-order valence-electron chi connectivity index (χ0n) is 11.0. The molecule has 0 aliphatic heterocycles. The lowest BCUT2D eigenvalue weighted by Gasteiger charge is -2.40. The average Bonchev–Trinajstić information content (AvgIpc) is 2.77. The van der Waals surface area contributed by atoms with Crippen LogP contribution in [-0.4, -0.2) is 18.3 Å². The fourth-order valence-corrected chi connectivity index (χ4v) is 3.92. The second kappa shape index (κ2) is 6.10. The minimum Gasteiger partial charge on any atom is -0.313 e. The van der Waals surface area contributed by atoms with Crippen molar-refractivity contribution >= 4 is 11.8 Å². The number of benzene rings is 1. The van der Waals surface area contributed by atoms with Gasteiger partial charge in [-0.15, -0.1) is 0 Å². The monoisotopic (exact) mass is 277 g/mol. The first-order valence-electron chi connectivity index (χ1n) is 7.06. The van der Waals surface area contributed by atoms with Crippen LogP contribution in [0.5, 0.6) is 0 Å². The van der Waals surface area contributed by atoms with Crippen LogP contribution in [0, 0.1) is 17.7 Å². The highest BCUT2D eigenvalue weighted by Gasteiger charge is 2.40. The third-order valence-electron chi connectivity index (χ3n) is 4.23. The molecule has 0 heterocycles. The standard InChI is InChI=1S/C16H20FNS/c17-15-7-2-1-4-13(15)11-19-9-8-18-16-10-12-5-3-6-14(12)16/h1-4,6-7,12,14,16,18H,5,8-11H2/t12-,14+,16-/m1/s1. The molecule has 0 bridgehead atoms. The van der Waals surface area contributed by atoms with E-state index >= 15 is 0 Å². The molecule has 1 saturated carbocycles. The van der Waals surface area contributed by atoms with Gasteiger partial charge in [0, 0.05) is 24.1 Å². The van der Waals surface area contributed by atoms with Gasteiger partial charge < -0.3 is 5.32 Å².